The Morgan fingerprint density at radius 1 is 1.52 bits per heavy atom. The first-order valence-corrected chi connectivity index (χ1v) is 6.93. The number of aliphatic carboxylic acids is 1. The first-order chi connectivity index (χ1) is 10.0. The Labute approximate surface area is 122 Å². The summed E-state index contributed by atoms with van der Waals surface area (Å²) in [4.78, 5) is 21.7. The summed E-state index contributed by atoms with van der Waals surface area (Å²) in [5, 5.41) is 23.0. The molecule has 1 unspecified atom stereocenters. The van der Waals surface area contributed by atoms with E-state index in [9.17, 15) is 20.0 Å². The number of hydrogen-bond acceptors (Lipinski definition) is 5. The minimum Gasteiger partial charge on any atom is -0.493 e. The lowest BCUT2D eigenvalue weighted by Crippen LogP contribution is -2.31. The maximum atomic E-state index is 11.2. The highest BCUT2D eigenvalue weighted by atomic mass is 16.6. The number of anilines is 1. The van der Waals surface area contributed by atoms with Gasteiger partial charge in [0.2, 0.25) is 0 Å². The van der Waals surface area contributed by atoms with Gasteiger partial charge in [0.1, 0.15) is 11.8 Å². The van der Waals surface area contributed by atoms with Crippen molar-refractivity contribution in [1.29, 1.82) is 0 Å². The summed E-state index contributed by atoms with van der Waals surface area (Å²) in [6.07, 6.45) is 2.50. The van der Waals surface area contributed by atoms with E-state index in [0.29, 0.717) is 18.0 Å². The van der Waals surface area contributed by atoms with Gasteiger partial charge in [-0.05, 0) is 25.2 Å². The average molecular weight is 294 g/mol. The second-order valence-electron chi connectivity index (χ2n) is 5.12. The van der Waals surface area contributed by atoms with E-state index >= 15 is 0 Å². The molecule has 2 N–H and O–H groups in total. The lowest BCUT2D eigenvalue weighted by Gasteiger charge is -2.15. The highest BCUT2D eigenvalue weighted by molar-refractivity contribution is 5.78. The van der Waals surface area contributed by atoms with Crippen LogP contribution in [0.1, 0.15) is 26.2 Å². The molecule has 7 heteroatoms. The van der Waals surface area contributed by atoms with Crippen LogP contribution in [0.2, 0.25) is 0 Å². The van der Waals surface area contributed by atoms with Crippen molar-refractivity contribution in [3.05, 3.63) is 28.3 Å². The number of hydrogen-bond donors (Lipinski definition) is 2. The molecule has 1 atom stereocenters. The van der Waals surface area contributed by atoms with E-state index in [1.165, 1.54) is 12.1 Å². The zero-order chi connectivity index (χ0) is 15.4. The molecule has 0 amide bonds. The number of nitrogens with zero attached hydrogens (tertiary/aromatic N) is 1. The molecule has 0 saturated heterocycles. The summed E-state index contributed by atoms with van der Waals surface area (Å²) >= 11 is 0. The van der Waals surface area contributed by atoms with Gasteiger partial charge in [-0.2, -0.15) is 0 Å². The zero-order valence-corrected chi connectivity index (χ0v) is 11.7. The first-order valence-electron chi connectivity index (χ1n) is 6.93. The molecule has 1 aromatic carbocycles. The van der Waals surface area contributed by atoms with Gasteiger partial charge >= 0.3 is 5.97 Å². The monoisotopic (exact) mass is 294 g/mol. The van der Waals surface area contributed by atoms with Gasteiger partial charge in [-0.15, -0.1) is 0 Å². The molecule has 0 aromatic heterocycles. The summed E-state index contributed by atoms with van der Waals surface area (Å²) in [7, 11) is 0. The molecular formula is C14H18N2O5. The Hall–Kier alpha value is -2.31. The number of carbonyl (C=O) groups is 1. The van der Waals surface area contributed by atoms with Gasteiger partial charge in [0, 0.05) is 17.8 Å². The summed E-state index contributed by atoms with van der Waals surface area (Å²) in [6.45, 7) is 2.38. The average Bonchev–Trinajstić information content (AvgIpc) is 3.26. The van der Waals surface area contributed by atoms with Gasteiger partial charge in [0.15, 0.2) is 0 Å². The van der Waals surface area contributed by atoms with Crippen molar-refractivity contribution < 1.29 is 19.6 Å². The van der Waals surface area contributed by atoms with Crippen LogP contribution in [-0.4, -0.2) is 28.6 Å². The number of nitrogens with one attached hydrogen (secondary N) is 1. The molecule has 2 rings (SSSR count). The first kappa shape index (κ1) is 15.1. The highest BCUT2D eigenvalue weighted by Gasteiger charge is 2.36. The Morgan fingerprint density at radius 2 is 2.24 bits per heavy atom. The number of carboxylic acid groups (broad SMARTS) is 1. The number of benzene rings is 1. The molecule has 114 valence electrons. The lowest BCUT2D eigenvalue weighted by atomic mass is 10.1. The standard InChI is InChI=1S/C14H18N2O5/c1-2-5-21-12-7-10(6-11(8-12)16(19)20)15-13(14(17)18)9-3-4-9/h6-9,13,15H,2-5H2,1H3,(H,17,18). The molecule has 1 aliphatic carbocycles. The van der Waals surface area contributed by atoms with Crippen LogP contribution in [-0.2, 0) is 4.79 Å². The smallest absolute Gasteiger partial charge is 0.326 e. The molecule has 0 spiro atoms. The molecular weight excluding hydrogens is 276 g/mol. The predicted molar refractivity (Wildman–Crippen MR) is 76.7 cm³/mol. The van der Waals surface area contributed by atoms with Gasteiger partial charge in [0.05, 0.1) is 17.6 Å². The van der Waals surface area contributed by atoms with Crippen molar-refractivity contribution in [2.45, 2.75) is 32.2 Å². The van der Waals surface area contributed by atoms with Crippen LogP contribution < -0.4 is 10.1 Å². The minimum absolute atomic E-state index is 0.0850. The van der Waals surface area contributed by atoms with E-state index in [0.717, 1.165) is 19.3 Å². The Balaban J connectivity index is 2.21. The molecule has 0 radical (unpaired) electrons. The summed E-state index contributed by atoms with van der Waals surface area (Å²) < 4.78 is 5.41. The van der Waals surface area contributed by atoms with E-state index in [1.54, 1.807) is 6.07 Å². The molecule has 1 fully saturated rings. The molecule has 0 aliphatic heterocycles. The van der Waals surface area contributed by atoms with Crippen molar-refractivity contribution in [3.8, 4) is 5.75 Å². The van der Waals surface area contributed by atoms with E-state index < -0.39 is 16.9 Å². The van der Waals surface area contributed by atoms with Crippen molar-refractivity contribution in [3.63, 3.8) is 0 Å². The van der Waals surface area contributed by atoms with Crippen LogP contribution in [0, 0.1) is 16.0 Å². The fraction of sp³-hybridized carbons (Fsp3) is 0.500. The molecule has 0 bridgehead atoms. The second kappa shape index (κ2) is 6.43. The minimum atomic E-state index is -0.944. The Morgan fingerprint density at radius 3 is 2.76 bits per heavy atom. The summed E-state index contributed by atoms with van der Waals surface area (Å²) in [5.41, 5.74) is 0.278. The van der Waals surface area contributed by atoms with Crippen molar-refractivity contribution in [2.75, 3.05) is 11.9 Å². The molecule has 1 aliphatic rings. The number of non-ortho nitro benzene ring substituents is 1. The largest absolute Gasteiger partial charge is 0.493 e. The zero-order valence-electron chi connectivity index (χ0n) is 11.7. The number of ether oxygens (including phenoxy) is 1. The second-order valence-corrected chi connectivity index (χ2v) is 5.12. The molecule has 0 heterocycles. The van der Waals surface area contributed by atoms with Crippen LogP contribution in [0.15, 0.2) is 18.2 Å². The molecule has 21 heavy (non-hydrogen) atoms. The molecule has 1 saturated carbocycles. The van der Waals surface area contributed by atoms with Crippen LogP contribution in [0.5, 0.6) is 5.75 Å². The third-order valence-electron chi connectivity index (χ3n) is 3.26. The SMILES string of the molecule is CCCOc1cc(NC(C(=O)O)C2CC2)cc([N+](=O)[O-])c1. The Kier molecular flexibility index (Phi) is 4.62. The van der Waals surface area contributed by atoms with E-state index in [1.807, 2.05) is 6.92 Å². The lowest BCUT2D eigenvalue weighted by molar-refractivity contribution is -0.384. The number of carboxylic acids is 1. The normalized spacial score (nSPS) is 15.3. The van der Waals surface area contributed by atoms with E-state index in [-0.39, 0.29) is 11.6 Å². The van der Waals surface area contributed by atoms with Crippen molar-refractivity contribution >= 4 is 17.3 Å². The molecule has 7 nitrogen and oxygen atoms in total. The molecule has 1 aromatic rings. The van der Waals surface area contributed by atoms with Gasteiger partial charge < -0.3 is 15.2 Å². The topological polar surface area (TPSA) is 102 Å². The van der Waals surface area contributed by atoms with Crippen LogP contribution >= 0.6 is 0 Å². The van der Waals surface area contributed by atoms with Crippen molar-refractivity contribution in [1.82, 2.24) is 0 Å². The Bertz CT molecular complexity index is 542. The number of rotatable bonds is 8. The van der Waals surface area contributed by atoms with Crippen LogP contribution in [0.25, 0.3) is 0 Å². The highest BCUT2D eigenvalue weighted by Crippen LogP contribution is 2.35. The fourth-order valence-electron chi connectivity index (χ4n) is 2.07. The van der Waals surface area contributed by atoms with Crippen LogP contribution in [0.3, 0.4) is 0 Å². The maximum absolute atomic E-state index is 11.2. The van der Waals surface area contributed by atoms with E-state index in [2.05, 4.69) is 5.32 Å². The fourth-order valence-corrected chi connectivity index (χ4v) is 2.07. The third-order valence-corrected chi connectivity index (χ3v) is 3.26. The van der Waals surface area contributed by atoms with Gasteiger partial charge in [-0.1, -0.05) is 6.92 Å². The van der Waals surface area contributed by atoms with Gasteiger partial charge in [0.25, 0.3) is 5.69 Å². The van der Waals surface area contributed by atoms with Gasteiger partial charge in [-0.25, -0.2) is 4.79 Å². The third kappa shape index (κ3) is 4.08. The van der Waals surface area contributed by atoms with E-state index in [4.69, 9.17) is 4.74 Å². The van der Waals surface area contributed by atoms with Gasteiger partial charge in [-0.3, -0.25) is 10.1 Å². The number of nitro benzene ring substituents is 1. The summed E-state index contributed by atoms with van der Waals surface area (Å²) in [6, 6.07) is 3.55. The van der Waals surface area contributed by atoms with Crippen LogP contribution in [0.4, 0.5) is 11.4 Å². The predicted octanol–water partition coefficient (Wildman–Crippen LogP) is 2.66. The summed E-state index contributed by atoms with van der Waals surface area (Å²) in [5.74, 6) is -0.490. The quantitative estimate of drug-likeness (QED) is 0.564. The van der Waals surface area contributed by atoms with Crippen molar-refractivity contribution in [2.24, 2.45) is 5.92 Å². The number of nitro groups is 1. The maximum Gasteiger partial charge on any atom is 0.326 e.